The van der Waals surface area contributed by atoms with Crippen molar-refractivity contribution in [3.8, 4) is 10.7 Å². The van der Waals surface area contributed by atoms with Crippen LogP contribution >= 0.6 is 47.1 Å². The van der Waals surface area contributed by atoms with Gasteiger partial charge in [0.15, 0.2) is 28.9 Å². The number of nitrogen functional groups attached to an aromatic ring is 1. The summed E-state index contributed by atoms with van der Waals surface area (Å²) in [6.07, 6.45) is -22.9. The van der Waals surface area contributed by atoms with Crippen LogP contribution in [0.4, 0.5) is 10.6 Å². The largest absolute Gasteiger partial charge is 0.441 e. The molecule has 0 spiro atoms. The Bertz CT molecular complexity index is 3640. The molecule has 28 N–H and O–H groups in total. The van der Waals surface area contributed by atoms with Gasteiger partial charge in [0.05, 0.1) is 72.7 Å². The molecule has 2 fully saturated rings. The van der Waals surface area contributed by atoms with Gasteiger partial charge < -0.3 is 151 Å². The monoisotopic (exact) mass is 1590 g/mol. The predicted octanol–water partition coefficient (Wildman–Crippen LogP) is -7.90. The zero-order chi connectivity index (χ0) is 79.1. The molecule has 4 aromatic heterocycles. The number of ether oxygens (including phenoxy) is 5. The highest BCUT2D eigenvalue weighted by atomic mass is 32.1. The number of nitrogens with one attached hydrogen (secondary N) is 10. The minimum Gasteiger partial charge on any atom is -0.441 e. The number of anilines is 1. The molecular formula is C61H95N21O21S4. The molecule has 4 aromatic rings. The number of thiazole rings is 2. The first-order valence-electron chi connectivity index (χ1n) is 33.6. The molecular weight excluding hydrogens is 1490 g/mol. The van der Waals surface area contributed by atoms with Gasteiger partial charge >= 0.3 is 6.09 Å². The van der Waals surface area contributed by atoms with Crippen molar-refractivity contribution in [2.24, 2.45) is 28.9 Å². The first-order chi connectivity index (χ1) is 50.7. The van der Waals surface area contributed by atoms with Crippen LogP contribution in [0.25, 0.3) is 10.7 Å². The number of aliphatic hydroxyl groups excluding tert-OH is 8. The summed E-state index contributed by atoms with van der Waals surface area (Å²) in [7, 11) is 3.50. The summed E-state index contributed by atoms with van der Waals surface area (Å²) >= 11 is 13.1. The second-order valence-electron chi connectivity index (χ2n) is 24.9. The van der Waals surface area contributed by atoms with Gasteiger partial charge in [0.2, 0.25) is 29.5 Å². The van der Waals surface area contributed by atoms with Crippen LogP contribution in [0, 0.1) is 12.8 Å². The van der Waals surface area contributed by atoms with Gasteiger partial charge in [0, 0.05) is 82.5 Å². The van der Waals surface area contributed by atoms with Gasteiger partial charge in [-0.05, 0) is 64.5 Å². The van der Waals surface area contributed by atoms with Gasteiger partial charge in [0.25, 0.3) is 11.8 Å². The number of amides is 8. The lowest BCUT2D eigenvalue weighted by Crippen LogP contribution is -2.65. The topological polar surface area (TPSA) is 666 Å². The Morgan fingerprint density at radius 1 is 0.748 bits per heavy atom. The summed E-state index contributed by atoms with van der Waals surface area (Å²) in [6.45, 7) is 4.99. The van der Waals surface area contributed by atoms with Crippen LogP contribution in [0.2, 0.25) is 0 Å². The van der Waals surface area contributed by atoms with Crippen molar-refractivity contribution in [3.05, 3.63) is 56.8 Å². The van der Waals surface area contributed by atoms with E-state index in [1.807, 2.05) is 4.90 Å². The van der Waals surface area contributed by atoms with E-state index in [1.54, 1.807) is 24.9 Å². The van der Waals surface area contributed by atoms with Crippen molar-refractivity contribution in [2.45, 2.75) is 170 Å². The Hall–Kier alpha value is -8.27. The average molecular weight is 1590 g/mol. The van der Waals surface area contributed by atoms with Crippen LogP contribution in [0.1, 0.15) is 102 Å². The maximum Gasteiger partial charge on any atom is 0.404 e. The number of nitrogens with two attached hydrogens (primary N) is 5. The molecule has 0 aliphatic carbocycles. The van der Waals surface area contributed by atoms with Gasteiger partial charge in [-0.3, -0.25) is 33.6 Å². The SMILES string of the molecule is CNC(=S)NCCCCN(CCCNC(=O)c1csc(-c2csc(CCNC(=O)[C@@H](NC(=O)[C@@H](C)[C@H](O)[C@@H](C)NC(=O)[C@@H](NC(=O)c3nc([C@H](CC(N)=O)NC[C@H](N)C(N)=O)nc(N)c3C)[C@@H](O[C@@H]3O[C@@H](CO)[C@@H](O)[C@H](O)[C@@H]3O[C@H]3O[C@H](CO)[C@@H](O)[C@H](OC(N)=O)[C@@H]3O)c3cnc[nH]3)[C@@H](C)O)n2)n1)C(=S)NC. The number of hydrogen-bond donors (Lipinski definition) is 23. The number of hydrogen-bond acceptors (Lipinski definition) is 33. The number of imidazole rings is 1. The maximum atomic E-state index is 15.2. The number of aromatic amines is 1. The lowest BCUT2D eigenvalue weighted by molar-refractivity contribution is -0.372. The smallest absolute Gasteiger partial charge is 0.404 e. The van der Waals surface area contributed by atoms with Crippen LogP contribution in [-0.2, 0) is 54.1 Å². The molecule has 46 heteroatoms. The zero-order valence-corrected chi connectivity index (χ0v) is 62.3. The lowest BCUT2D eigenvalue weighted by atomic mass is 9.96. The average Bonchev–Trinajstić information content (AvgIpc) is 1.02. The number of rotatable bonds is 40. The Morgan fingerprint density at radius 2 is 1.43 bits per heavy atom. The fourth-order valence-corrected chi connectivity index (χ4v) is 12.8. The highest BCUT2D eigenvalue weighted by molar-refractivity contribution is 7.80. The van der Waals surface area contributed by atoms with E-state index in [0.717, 1.165) is 25.4 Å². The molecule has 2 aliphatic heterocycles. The molecule has 19 atom stereocenters. The first kappa shape index (κ1) is 87.6. The van der Waals surface area contributed by atoms with Crippen molar-refractivity contribution in [1.29, 1.82) is 0 Å². The second kappa shape index (κ2) is 41.9. The van der Waals surface area contributed by atoms with Crippen LogP contribution in [0.5, 0.6) is 0 Å². The minimum absolute atomic E-state index is 0.0307. The summed E-state index contributed by atoms with van der Waals surface area (Å²) in [5.74, 6) is -8.83. The zero-order valence-electron chi connectivity index (χ0n) is 59.1. The fraction of sp³-hybridized carbons (Fsp3) is 0.623. The van der Waals surface area contributed by atoms with Crippen LogP contribution in [0.3, 0.4) is 0 Å². The molecule has 0 bridgehead atoms. The van der Waals surface area contributed by atoms with Crippen LogP contribution in [0.15, 0.2) is 23.3 Å². The number of unbranched alkanes of at least 4 members (excludes halogenated alkanes) is 1. The van der Waals surface area contributed by atoms with Gasteiger partial charge in [-0.1, -0.05) is 6.92 Å². The minimum atomic E-state index is -2.21. The highest BCUT2D eigenvalue weighted by Crippen LogP contribution is 2.35. The number of primary amides is 3. The van der Waals surface area contributed by atoms with E-state index >= 15 is 4.79 Å². The molecule has 0 aromatic carbocycles. The molecule has 0 saturated carbocycles. The molecule has 2 aliphatic rings. The van der Waals surface area contributed by atoms with Crippen molar-refractivity contribution in [1.82, 2.24) is 82.7 Å². The van der Waals surface area contributed by atoms with Crippen LogP contribution < -0.4 is 76.5 Å². The third-order valence-corrected chi connectivity index (χ3v) is 19.6. The second-order valence-corrected chi connectivity index (χ2v) is 27.5. The van der Waals surface area contributed by atoms with Gasteiger partial charge in [-0.15, -0.1) is 22.7 Å². The highest BCUT2D eigenvalue weighted by Gasteiger charge is 2.54. The third-order valence-electron chi connectivity index (χ3n) is 17.0. The standard InChI is InChI=1S/C61H95N21O21S4/c1-24-37(78-50(81-48(24)64)29(16-35(63)86)73-17-28(62)49(65)92)54(96)80-39(45(30-18-69-23-74-30)101-58-47(43(90)41(88)33(19-83)100-58)102-57-44(91)46(103-59(66)98)42(89)34(20-84)99-57)55(97)75-26(3)40(87)25(2)51(93)79-38(27(4)85)53(95)71-13-10-36-76-32(22-106-36)56-77-31(21-107-56)52(94)70-12-9-15-82(61(105)68-6)14-8-7-11-72-60(104)67-5/h18,21-23,25-29,33-34,38-47,57-58,73,83-85,87-91H,7-17,19-20,62H2,1-6H3,(H2,63,86)(H2,65,92)(H2,66,98)(H,68,105)(H,69,74)(H,70,94)(H,71,95)(H,75,97)(H,79,93)(H,80,96)(H2,64,78,81)(H2,67,72,104)/t25-,26+,27+,28-,29-,33-,34+,38-,39-,40-,41+,42+,43-,44-,45-,46-,47-,57+,58-/m0/s1. The molecule has 6 heterocycles. The van der Waals surface area contributed by atoms with Gasteiger partial charge in [-0.25, -0.2) is 29.7 Å². The molecule has 0 radical (unpaired) electrons. The summed E-state index contributed by atoms with van der Waals surface area (Å²) < 4.78 is 28.8. The fourth-order valence-electron chi connectivity index (χ4n) is 10.9. The van der Waals surface area contributed by atoms with Gasteiger partial charge in [-0.2, -0.15) is 0 Å². The van der Waals surface area contributed by atoms with E-state index in [9.17, 15) is 74.4 Å². The molecule has 2 saturated heterocycles. The predicted molar refractivity (Wildman–Crippen MR) is 387 cm³/mol. The van der Waals surface area contributed by atoms with Crippen molar-refractivity contribution >= 4 is 111 Å². The van der Waals surface area contributed by atoms with E-state index in [-0.39, 0.29) is 54.0 Å². The van der Waals surface area contributed by atoms with Crippen molar-refractivity contribution in [2.75, 3.05) is 72.3 Å². The Balaban J connectivity index is 1.18. The first-order valence-corrected chi connectivity index (χ1v) is 36.2. The summed E-state index contributed by atoms with van der Waals surface area (Å²) in [6, 6.07) is -7.91. The Labute approximate surface area is 631 Å². The number of H-pyrrole nitrogens is 1. The third kappa shape index (κ3) is 24.6. The number of carbonyl (C=O) groups is 8. The van der Waals surface area contributed by atoms with Crippen molar-refractivity contribution in [3.63, 3.8) is 0 Å². The van der Waals surface area contributed by atoms with E-state index in [4.69, 9.17) is 76.8 Å². The Morgan fingerprint density at radius 3 is 2.07 bits per heavy atom. The summed E-state index contributed by atoms with van der Waals surface area (Å²) in [5.41, 5.74) is 28.0. The Kier molecular flexibility index (Phi) is 34.3. The normalized spacial score (nSPS) is 22.5. The number of thiocarbonyl (C=S) groups is 2. The molecule has 42 nitrogen and oxygen atoms in total. The van der Waals surface area contributed by atoms with Gasteiger partial charge in [0.1, 0.15) is 94.6 Å². The molecule has 8 amide bonds. The summed E-state index contributed by atoms with van der Waals surface area (Å²) in [5, 5.41) is 119. The van der Waals surface area contributed by atoms with Crippen LogP contribution in [-0.4, -0.2) is 298 Å². The van der Waals surface area contributed by atoms with Crippen molar-refractivity contribution < 1.29 is 103 Å². The van der Waals surface area contributed by atoms with E-state index in [0.29, 0.717) is 58.5 Å². The summed E-state index contributed by atoms with van der Waals surface area (Å²) in [4.78, 5) is 134. The van der Waals surface area contributed by atoms with E-state index in [1.165, 1.54) is 50.4 Å². The number of aliphatic hydroxyl groups is 8. The number of carbonyl (C=O) groups excluding carboxylic acids is 8. The lowest BCUT2D eigenvalue weighted by Gasteiger charge is -2.47. The molecule has 594 valence electrons. The molecule has 0 unspecified atom stereocenters. The molecule has 107 heavy (non-hydrogen) atoms. The molecule has 6 rings (SSSR count). The van der Waals surface area contributed by atoms with E-state index in [2.05, 4.69) is 77.8 Å². The van der Waals surface area contributed by atoms with E-state index < -0.39 is 183 Å². The maximum absolute atomic E-state index is 15.2. The number of aromatic nitrogens is 6. The number of nitrogens with zero attached hydrogens (tertiary/aromatic N) is 6. The quantitative estimate of drug-likeness (QED) is 0.0145.